The van der Waals surface area contributed by atoms with Gasteiger partial charge in [-0.1, -0.05) is 12.1 Å². The molecule has 0 spiro atoms. The molecule has 0 radical (unpaired) electrons. The monoisotopic (exact) mass is 204 g/mol. The maximum atomic E-state index is 11.3. The van der Waals surface area contributed by atoms with Crippen LogP contribution in [0.2, 0.25) is 0 Å². The lowest BCUT2D eigenvalue weighted by molar-refractivity contribution is -0.383. The van der Waals surface area contributed by atoms with Crippen molar-refractivity contribution >= 4 is 22.4 Å². The van der Waals surface area contributed by atoms with E-state index in [1.165, 1.54) is 13.1 Å². The highest BCUT2D eigenvalue weighted by Gasteiger charge is 2.18. The van der Waals surface area contributed by atoms with Crippen molar-refractivity contribution in [3.63, 3.8) is 0 Å². The summed E-state index contributed by atoms with van der Waals surface area (Å²) in [4.78, 5) is 24.3. The first-order chi connectivity index (χ1) is 7.11. The summed E-state index contributed by atoms with van der Waals surface area (Å²) in [7, 11) is 0. The SMILES string of the molecule is CC(=O)c1cccc2[nH]cc([N+](=O)[O-])c12. The van der Waals surface area contributed by atoms with E-state index in [9.17, 15) is 14.9 Å². The summed E-state index contributed by atoms with van der Waals surface area (Å²) < 4.78 is 0. The molecule has 0 aliphatic carbocycles. The normalized spacial score (nSPS) is 10.5. The van der Waals surface area contributed by atoms with Gasteiger partial charge in [-0.3, -0.25) is 14.9 Å². The van der Waals surface area contributed by atoms with Crippen molar-refractivity contribution in [2.24, 2.45) is 0 Å². The molecule has 0 aliphatic rings. The summed E-state index contributed by atoms with van der Waals surface area (Å²) in [6.45, 7) is 1.39. The molecule has 1 aromatic carbocycles. The molecule has 0 unspecified atom stereocenters. The van der Waals surface area contributed by atoms with E-state index in [0.717, 1.165) is 0 Å². The van der Waals surface area contributed by atoms with Crippen LogP contribution < -0.4 is 0 Å². The van der Waals surface area contributed by atoms with Gasteiger partial charge in [0.2, 0.25) is 0 Å². The van der Waals surface area contributed by atoms with E-state index in [2.05, 4.69) is 4.98 Å². The Morgan fingerprint density at radius 2 is 2.20 bits per heavy atom. The molecular weight excluding hydrogens is 196 g/mol. The van der Waals surface area contributed by atoms with Gasteiger partial charge in [-0.05, 0) is 13.0 Å². The van der Waals surface area contributed by atoms with Crippen LogP contribution >= 0.6 is 0 Å². The first kappa shape index (κ1) is 9.39. The summed E-state index contributed by atoms with van der Waals surface area (Å²) >= 11 is 0. The number of nitro groups is 1. The van der Waals surface area contributed by atoms with Crippen LogP contribution in [-0.2, 0) is 0 Å². The molecule has 15 heavy (non-hydrogen) atoms. The van der Waals surface area contributed by atoms with Gasteiger partial charge < -0.3 is 4.98 Å². The highest BCUT2D eigenvalue weighted by atomic mass is 16.6. The van der Waals surface area contributed by atoms with Gasteiger partial charge in [0.1, 0.15) is 0 Å². The molecule has 0 aliphatic heterocycles. The molecule has 5 heteroatoms. The second-order valence-corrected chi connectivity index (χ2v) is 3.22. The summed E-state index contributed by atoms with van der Waals surface area (Å²) in [5.41, 5.74) is 0.922. The van der Waals surface area contributed by atoms with Gasteiger partial charge in [0.25, 0.3) is 5.69 Å². The lowest BCUT2D eigenvalue weighted by atomic mass is 10.1. The predicted octanol–water partition coefficient (Wildman–Crippen LogP) is 2.28. The molecule has 2 rings (SSSR count). The second kappa shape index (κ2) is 3.20. The number of Topliss-reactive ketones (excluding diaryl/α,β-unsaturated/α-hetero) is 1. The molecule has 5 nitrogen and oxygen atoms in total. The maximum Gasteiger partial charge on any atom is 0.295 e. The molecule has 0 amide bonds. The van der Waals surface area contributed by atoms with Crippen molar-refractivity contribution in [3.8, 4) is 0 Å². The number of aromatic amines is 1. The van der Waals surface area contributed by atoms with Crippen LogP contribution in [0.5, 0.6) is 0 Å². The third kappa shape index (κ3) is 1.38. The molecule has 1 N–H and O–H groups in total. The minimum atomic E-state index is -0.495. The number of carbonyl (C=O) groups excluding carboxylic acids is 1. The number of H-pyrrole nitrogens is 1. The molecule has 1 aromatic heterocycles. The number of ketones is 1. The van der Waals surface area contributed by atoms with Crippen LogP contribution in [-0.4, -0.2) is 15.7 Å². The summed E-state index contributed by atoms with van der Waals surface area (Å²) in [6, 6.07) is 4.99. The molecule has 0 fully saturated rings. The van der Waals surface area contributed by atoms with E-state index in [1.807, 2.05) is 0 Å². The van der Waals surface area contributed by atoms with E-state index < -0.39 is 4.92 Å². The highest BCUT2D eigenvalue weighted by molar-refractivity contribution is 6.09. The number of hydrogen-bond acceptors (Lipinski definition) is 3. The van der Waals surface area contributed by atoms with E-state index in [1.54, 1.807) is 18.2 Å². The lowest BCUT2D eigenvalue weighted by Crippen LogP contribution is -1.94. The smallest absolute Gasteiger partial charge is 0.295 e. The van der Waals surface area contributed by atoms with Gasteiger partial charge in [0, 0.05) is 5.56 Å². The molecule has 0 atom stereocenters. The zero-order valence-electron chi connectivity index (χ0n) is 7.98. The maximum absolute atomic E-state index is 11.3. The fraction of sp³-hybridized carbons (Fsp3) is 0.100. The van der Waals surface area contributed by atoms with Crippen LogP contribution in [0.3, 0.4) is 0 Å². The van der Waals surface area contributed by atoms with Gasteiger partial charge in [-0.15, -0.1) is 0 Å². The largest absolute Gasteiger partial charge is 0.355 e. The Bertz CT molecular complexity index is 557. The average Bonchev–Trinajstić information content (AvgIpc) is 2.60. The minimum Gasteiger partial charge on any atom is -0.355 e. The van der Waals surface area contributed by atoms with Crippen molar-refractivity contribution in [2.75, 3.05) is 0 Å². The number of benzene rings is 1. The topological polar surface area (TPSA) is 76.0 Å². The summed E-state index contributed by atoms with van der Waals surface area (Å²) in [5.74, 6) is -0.178. The number of carbonyl (C=O) groups is 1. The van der Waals surface area contributed by atoms with Crippen LogP contribution in [0.25, 0.3) is 10.9 Å². The van der Waals surface area contributed by atoms with Crippen LogP contribution in [0.15, 0.2) is 24.4 Å². The molecule has 1 heterocycles. The van der Waals surface area contributed by atoms with E-state index in [0.29, 0.717) is 16.5 Å². The van der Waals surface area contributed by atoms with Crippen LogP contribution in [0.1, 0.15) is 17.3 Å². The Hall–Kier alpha value is -2.17. The van der Waals surface area contributed by atoms with Crippen molar-refractivity contribution in [3.05, 3.63) is 40.1 Å². The van der Waals surface area contributed by atoms with E-state index in [-0.39, 0.29) is 11.5 Å². The second-order valence-electron chi connectivity index (χ2n) is 3.22. The van der Waals surface area contributed by atoms with Crippen molar-refractivity contribution in [2.45, 2.75) is 6.92 Å². The summed E-state index contributed by atoms with van der Waals surface area (Å²) in [6.07, 6.45) is 1.30. The van der Waals surface area contributed by atoms with Gasteiger partial charge in [-0.25, -0.2) is 0 Å². The van der Waals surface area contributed by atoms with Crippen molar-refractivity contribution < 1.29 is 9.72 Å². The van der Waals surface area contributed by atoms with Gasteiger partial charge in [0.05, 0.1) is 22.0 Å². The molecule has 0 saturated heterocycles. The number of hydrogen-bond donors (Lipinski definition) is 1. The number of nitrogens with one attached hydrogen (secondary N) is 1. The third-order valence-corrected chi connectivity index (χ3v) is 2.26. The van der Waals surface area contributed by atoms with E-state index >= 15 is 0 Å². The highest BCUT2D eigenvalue weighted by Crippen LogP contribution is 2.28. The first-order valence-electron chi connectivity index (χ1n) is 4.36. The Labute approximate surface area is 84.9 Å². The van der Waals surface area contributed by atoms with Crippen LogP contribution in [0.4, 0.5) is 5.69 Å². The Morgan fingerprint density at radius 1 is 1.47 bits per heavy atom. The Balaban J connectivity index is 2.86. The Morgan fingerprint density at radius 3 is 2.80 bits per heavy atom. The lowest BCUT2D eigenvalue weighted by Gasteiger charge is -1.97. The zero-order valence-corrected chi connectivity index (χ0v) is 7.98. The molecule has 76 valence electrons. The minimum absolute atomic E-state index is 0.0594. The Kier molecular flexibility index (Phi) is 2.00. The van der Waals surface area contributed by atoms with Crippen molar-refractivity contribution in [1.82, 2.24) is 4.98 Å². The quantitative estimate of drug-likeness (QED) is 0.463. The molecule has 0 saturated carbocycles. The van der Waals surface area contributed by atoms with Gasteiger partial charge in [-0.2, -0.15) is 0 Å². The molecule has 0 bridgehead atoms. The fourth-order valence-electron chi connectivity index (χ4n) is 1.60. The standard InChI is InChI=1S/C10H8N2O3/c1-6(13)7-3-2-4-8-10(7)9(5-11-8)12(14)15/h2-5,11H,1H3. The number of nitrogens with zero attached hydrogens (tertiary/aromatic N) is 1. The van der Waals surface area contributed by atoms with Gasteiger partial charge >= 0.3 is 0 Å². The predicted molar refractivity (Wildman–Crippen MR) is 55.0 cm³/mol. The number of rotatable bonds is 2. The van der Waals surface area contributed by atoms with Gasteiger partial charge in [0.15, 0.2) is 5.78 Å². The molecule has 2 aromatic rings. The van der Waals surface area contributed by atoms with E-state index in [4.69, 9.17) is 0 Å². The number of fused-ring (bicyclic) bond motifs is 1. The van der Waals surface area contributed by atoms with Crippen molar-refractivity contribution in [1.29, 1.82) is 0 Å². The number of aromatic nitrogens is 1. The van der Waals surface area contributed by atoms with Crippen LogP contribution in [0, 0.1) is 10.1 Å². The zero-order chi connectivity index (χ0) is 11.0. The first-order valence-corrected chi connectivity index (χ1v) is 4.36. The third-order valence-electron chi connectivity index (χ3n) is 2.26. The average molecular weight is 204 g/mol. The molecular formula is C10H8N2O3. The summed E-state index contributed by atoms with van der Waals surface area (Å²) in [5, 5.41) is 11.1. The fourth-order valence-corrected chi connectivity index (χ4v) is 1.60.